The van der Waals surface area contributed by atoms with E-state index in [0.717, 1.165) is 32.6 Å². The lowest BCUT2D eigenvalue weighted by Crippen LogP contribution is -2.32. The molecule has 1 N–H and O–H groups in total. The Balaban J connectivity index is 1.19. The summed E-state index contributed by atoms with van der Waals surface area (Å²) in [5.74, 6) is 1.14. The number of amides is 2. The number of carbonyl (C=O) groups is 2. The van der Waals surface area contributed by atoms with E-state index in [1.54, 1.807) is 22.3 Å². The van der Waals surface area contributed by atoms with E-state index in [9.17, 15) is 14.7 Å². The van der Waals surface area contributed by atoms with Gasteiger partial charge in [0.1, 0.15) is 5.75 Å². The average Bonchev–Trinajstić information content (AvgIpc) is 3.67. The molecular weight excluding hydrogens is 571 g/mol. The van der Waals surface area contributed by atoms with Crippen LogP contribution in [-0.4, -0.2) is 41.8 Å². The number of carbonyl (C=O) groups excluding carboxylic acids is 2. The Hall–Kier alpha value is -2.32. The van der Waals surface area contributed by atoms with Gasteiger partial charge in [-0.15, -0.1) is 45.9 Å². The smallest absolute Gasteiger partial charge is 0.227 e. The summed E-state index contributed by atoms with van der Waals surface area (Å²) < 4.78 is 2.11. The molecule has 0 radical (unpaired) electrons. The van der Waals surface area contributed by atoms with E-state index in [1.807, 2.05) is 17.2 Å². The number of phenols is 1. The summed E-state index contributed by atoms with van der Waals surface area (Å²) in [5, 5.41) is 17.1. The zero-order chi connectivity index (χ0) is 27.6. The Morgan fingerprint density at radius 2 is 1.31 bits per heavy atom. The molecule has 39 heavy (non-hydrogen) atoms. The number of hydrogen-bond acceptors (Lipinski definition) is 5. The van der Waals surface area contributed by atoms with Crippen molar-refractivity contribution >= 4 is 89.2 Å². The highest BCUT2D eigenvalue weighted by molar-refractivity contribution is 7.18. The highest BCUT2D eigenvalue weighted by Crippen LogP contribution is 2.49. The van der Waals surface area contributed by atoms with Gasteiger partial charge in [-0.2, -0.15) is 0 Å². The van der Waals surface area contributed by atoms with Crippen molar-refractivity contribution in [2.45, 2.75) is 51.9 Å². The summed E-state index contributed by atoms with van der Waals surface area (Å²) in [6, 6.07) is 3.82. The predicted octanol–water partition coefficient (Wildman–Crippen LogP) is 7.96. The lowest BCUT2D eigenvalue weighted by atomic mass is 9.95. The van der Waals surface area contributed by atoms with Crippen LogP contribution < -0.4 is 9.80 Å². The van der Waals surface area contributed by atoms with Crippen LogP contribution in [-0.2, 0) is 9.59 Å². The Morgan fingerprint density at radius 1 is 0.821 bits per heavy atom. The van der Waals surface area contributed by atoms with Gasteiger partial charge in [0, 0.05) is 76.8 Å². The first kappa shape index (κ1) is 26.9. The SMILES string of the molecule is Cc1cc2c(c3c(C)csc13)[C@H](CCl)CN2C(=O)CCCC(=O)N1C[C@@H](CCl)c2c1cc(O)c1scc(C)c21. The van der Waals surface area contributed by atoms with Gasteiger partial charge in [0.2, 0.25) is 11.8 Å². The van der Waals surface area contributed by atoms with E-state index in [2.05, 4.69) is 25.3 Å². The first-order valence-corrected chi connectivity index (χ1v) is 16.1. The molecule has 4 aromatic rings. The number of phenolic OH excluding ortho intramolecular Hbond substituents is 1. The summed E-state index contributed by atoms with van der Waals surface area (Å²) >= 11 is 16.0. The molecule has 6 rings (SSSR count). The standard InChI is InChI=1S/C30H30Cl2N2O3S2/c1-15-7-20-27(25-16(2)13-38-29(15)25)18(9-31)11-33(20)23(36)5-4-6-24(37)34-12-19(10-32)28-21(34)8-22(35)30-26(28)17(3)14-39-30/h7-8,13-14,18-19,35H,4-6,9-12H2,1-3H3/t18-,19-/m1/s1. The Morgan fingerprint density at radius 3 is 1.85 bits per heavy atom. The minimum absolute atomic E-state index is 0.0119. The second kappa shape index (κ2) is 10.3. The molecule has 204 valence electrons. The van der Waals surface area contributed by atoms with E-state index >= 15 is 0 Å². The van der Waals surface area contributed by atoms with Crippen LogP contribution in [0.15, 0.2) is 22.9 Å². The third-order valence-electron chi connectivity index (χ3n) is 8.22. The van der Waals surface area contributed by atoms with Gasteiger partial charge in [-0.1, -0.05) is 0 Å². The number of hydrogen-bond donors (Lipinski definition) is 1. The lowest BCUT2D eigenvalue weighted by Gasteiger charge is -2.20. The molecule has 4 heterocycles. The average molecular weight is 602 g/mol. The van der Waals surface area contributed by atoms with E-state index in [4.69, 9.17) is 23.2 Å². The Kier molecular flexibility index (Phi) is 7.07. The van der Waals surface area contributed by atoms with Gasteiger partial charge in [0.05, 0.1) is 10.4 Å². The number of rotatable bonds is 6. The first-order valence-electron chi connectivity index (χ1n) is 13.2. The monoisotopic (exact) mass is 600 g/mol. The topological polar surface area (TPSA) is 60.9 Å². The highest BCUT2D eigenvalue weighted by Gasteiger charge is 2.37. The van der Waals surface area contributed by atoms with Crippen LogP contribution in [0.1, 0.15) is 58.9 Å². The van der Waals surface area contributed by atoms with Crippen molar-refractivity contribution in [1.29, 1.82) is 0 Å². The first-order chi connectivity index (χ1) is 18.7. The molecule has 5 nitrogen and oxygen atoms in total. The normalized spacial score (nSPS) is 18.4. The van der Waals surface area contributed by atoms with Crippen LogP contribution in [0, 0.1) is 20.8 Å². The molecule has 0 saturated carbocycles. The third kappa shape index (κ3) is 4.24. The van der Waals surface area contributed by atoms with E-state index in [0.29, 0.717) is 31.3 Å². The van der Waals surface area contributed by atoms with Gasteiger partial charge in [-0.25, -0.2) is 0 Å². The van der Waals surface area contributed by atoms with Crippen LogP contribution in [0.5, 0.6) is 5.75 Å². The quantitative estimate of drug-likeness (QED) is 0.228. The second-order valence-electron chi connectivity index (χ2n) is 10.8. The van der Waals surface area contributed by atoms with Crippen molar-refractivity contribution in [1.82, 2.24) is 0 Å². The predicted molar refractivity (Wildman–Crippen MR) is 165 cm³/mol. The highest BCUT2D eigenvalue weighted by atomic mass is 35.5. The Bertz CT molecular complexity index is 1520. The molecule has 2 aromatic heterocycles. The molecule has 0 bridgehead atoms. The van der Waals surface area contributed by atoms with Crippen molar-refractivity contribution < 1.29 is 14.7 Å². The molecule has 2 atom stereocenters. The lowest BCUT2D eigenvalue weighted by molar-refractivity contribution is -0.119. The van der Waals surface area contributed by atoms with Crippen LogP contribution in [0.25, 0.3) is 20.2 Å². The molecule has 0 fully saturated rings. The summed E-state index contributed by atoms with van der Waals surface area (Å²) in [6.07, 6.45) is 0.993. The summed E-state index contributed by atoms with van der Waals surface area (Å²) in [6.45, 7) is 7.31. The molecular formula is C30H30Cl2N2O3S2. The number of nitrogens with zero attached hydrogens (tertiary/aromatic N) is 2. The van der Waals surface area contributed by atoms with Gasteiger partial charge in [0.25, 0.3) is 0 Å². The molecule has 2 aliphatic rings. The largest absolute Gasteiger partial charge is 0.506 e. The summed E-state index contributed by atoms with van der Waals surface area (Å²) in [7, 11) is 0. The van der Waals surface area contributed by atoms with Crippen molar-refractivity contribution in [3.8, 4) is 5.75 Å². The van der Waals surface area contributed by atoms with E-state index in [1.165, 1.54) is 38.1 Å². The van der Waals surface area contributed by atoms with E-state index < -0.39 is 0 Å². The molecule has 0 unspecified atom stereocenters. The molecule has 0 saturated heterocycles. The Labute approximate surface area is 245 Å². The zero-order valence-electron chi connectivity index (χ0n) is 22.1. The molecule has 2 amide bonds. The maximum atomic E-state index is 13.4. The van der Waals surface area contributed by atoms with Crippen molar-refractivity contribution in [3.63, 3.8) is 0 Å². The number of aromatic hydroxyl groups is 1. The molecule has 9 heteroatoms. The minimum Gasteiger partial charge on any atom is -0.506 e. The second-order valence-corrected chi connectivity index (χ2v) is 13.1. The number of fused-ring (bicyclic) bond motifs is 6. The molecule has 0 spiro atoms. The third-order valence-corrected chi connectivity index (χ3v) is 11.3. The van der Waals surface area contributed by atoms with Crippen LogP contribution in [0.4, 0.5) is 11.4 Å². The van der Waals surface area contributed by atoms with E-state index in [-0.39, 0.29) is 42.2 Å². The molecule has 2 aromatic carbocycles. The van der Waals surface area contributed by atoms with Crippen molar-refractivity contribution in [2.24, 2.45) is 0 Å². The van der Waals surface area contributed by atoms with Crippen molar-refractivity contribution in [2.75, 3.05) is 34.6 Å². The van der Waals surface area contributed by atoms with Gasteiger partial charge >= 0.3 is 0 Å². The fourth-order valence-corrected chi connectivity index (χ4v) is 8.92. The van der Waals surface area contributed by atoms with Crippen LogP contribution in [0.3, 0.4) is 0 Å². The maximum Gasteiger partial charge on any atom is 0.227 e. The number of halogens is 2. The van der Waals surface area contributed by atoms with Crippen molar-refractivity contribution in [3.05, 3.63) is 50.7 Å². The number of benzene rings is 2. The zero-order valence-corrected chi connectivity index (χ0v) is 25.3. The number of thiophene rings is 2. The summed E-state index contributed by atoms with van der Waals surface area (Å²) in [4.78, 5) is 30.5. The fraction of sp³-hybridized carbons (Fsp3) is 0.400. The molecule has 2 aliphatic heterocycles. The number of alkyl halides is 2. The fourth-order valence-electron chi connectivity index (χ4n) is 6.39. The van der Waals surface area contributed by atoms with Crippen LogP contribution >= 0.6 is 45.9 Å². The summed E-state index contributed by atoms with van der Waals surface area (Å²) in [5.41, 5.74) is 7.43. The van der Waals surface area contributed by atoms with Gasteiger partial charge in [0.15, 0.2) is 0 Å². The van der Waals surface area contributed by atoms with Gasteiger partial charge in [-0.3, -0.25) is 9.59 Å². The van der Waals surface area contributed by atoms with Gasteiger partial charge < -0.3 is 14.9 Å². The molecule has 0 aliphatic carbocycles. The van der Waals surface area contributed by atoms with Crippen LogP contribution in [0.2, 0.25) is 0 Å². The van der Waals surface area contributed by atoms with Gasteiger partial charge in [-0.05, 0) is 71.8 Å². The maximum absolute atomic E-state index is 13.4. The number of anilines is 2. The minimum atomic E-state index is -0.0461. The number of aryl methyl sites for hydroxylation is 3.